The number of allylic oxidation sites excluding steroid dienone is 3. The molecule has 0 aromatic rings. The molecule has 0 heterocycles. The minimum atomic E-state index is -5.39. The van der Waals surface area contributed by atoms with Crippen molar-refractivity contribution in [3.8, 4) is 6.07 Å². The highest BCUT2D eigenvalue weighted by atomic mass is 35.5. The second kappa shape index (κ2) is 7.77. The summed E-state index contributed by atoms with van der Waals surface area (Å²) in [5.74, 6) is -2.70. The smallest absolute Gasteiger partial charge is 0.578 e. The van der Waals surface area contributed by atoms with Crippen LogP contribution in [0.15, 0.2) is 34.3 Å². The molecule has 0 saturated carbocycles. The Morgan fingerprint density at radius 1 is 1.35 bits per heavy atom. The van der Waals surface area contributed by atoms with Crippen molar-refractivity contribution in [3.63, 3.8) is 0 Å². The van der Waals surface area contributed by atoms with Crippen LogP contribution in [0.1, 0.15) is 0 Å². The van der Waals surface area contributed by atoms with Crippen LogP contribution in [-0.4, -0.2) is 33.4 Å². The van der Waals surface area contributed by atoms with Gasteiger partial charge in [-0.05, 0) is 6.08 Å². The van der Waals surface area contributed by atoms with Crippen molar-refractivity contribution >= 4 is 28.5 Å². The fourth-order valence-corrected chi connectivity index (χ4v) is 2.80. The van der Waals surface area contributed by atoms with E-state index >= 15 is 0 Å². The molecule has 0 fully saturated rings. The lowest BCUT2D eigenvalue weighted by Gasteiger charge is -2.26. The molecule has 0 bridgehead atoms. The molecule has 1 aliphatic rings. The maximum absolute atomic E-state index is 13.9. The number of nitriles is 1. The van der Waals surface area contributed by atoms with E-state index in [4.69, 9.17) is 28.0 Å². The molecule has 1 aliphatic carbocycles. The molecule has 0 aliphatic heterocycles. The lowest BCUT2D eigenvalue weighted by molar-refractivity contribution is -0.0889. The Bertz CT molecular complexity index is 723. The van der Waals surface area contributed by atoms with Gasteiger partial charge < -0.3 is 15.6 Å². The fraction of sp³-hybridized carbons (Fsp3) is 0.333. The van der Waals surface area contributed by atoms with Gasteiger partial charge in [0.15, 0.2) is 11.5 Å². The van der Waals surface area contributed by atoms with E-state index < -0.39 is 62.1 Å². The fourth-order valence-electron chi connectivity index (χ4n) is 1.76. The maximum atomic E-state index is 13.9. The predicted octanol–water partition coefficient (Wildman–Crippen LogP) is 2.85. The Labute approximate surface area is 149 Å². The molecule has 0 amide bonds. The topological polar surface area (TPSA) is 109 Å². The standard InChI is InChI=1S/C12H8ClF7N4OS/c13-5-1-4(11(15,16)17)2-6(14)8(5)24-10(23)9(7(22)3-21)26(25)12(18,19)20/h1-2,5,8,22,24H,23H2/b10-9+,22-7?/t5-,8?,26?/m1/s1. The quantitative estimate of drug-likeness (QED) is 0.279. The van der Waals surface area contributed by atoms with Crippen LogP contribution in [0.2, 0.25) is 0 Å². The SMILES string of the molecule is N#CC(=N)/C(=C(/N)NC1C(F)=CC(C(F)(F)F)=C[C@H]1Cl)[S+]([O-])C(F)(F)F. The Balaban J connectivity index is 3.25. The summed E-state index contributed by atoms with van der Waals surface area (Å²) in [5, 5.41) is 15.8. The second-order valence-corrected chi connectivity index (χ2v) is 6.57. The van der Waals surface area contributed by atoms with Crippen molar-refractivity contribution in [1.29, 1.82) is 10.7 Å². The van der Waals surface area contributed by atoms with E-state index in [1.165, 1.54) is 0 Å². The highest BCUT2D eigenvalue weighted by Crippen LogP contribution is 2.35. The number of hydrogen-bond donors (Lipinski definition) is 3. The van der Waals surface area contributed by atoms with Gasteiger partial charge in [-0.1, -0.05) is 6.08 Å². The molecule has 1 rings (SSSR count). The third-order valence-electron chi connectivity index (χ3n) is 2.87. The van der Waals surface area contributed by atoms with Gasteiger partial charge in [0.1, 0.15) is 23.1 Å². The average Bonchev–Trinajstić information content (AvgIpc) is 2.48. The van der Waals surface area contributed by atoms with E-state index in [2.05, 4.69) is 0 Å². The number of rotatable bonds is 4. The van der Waals surface area contributed by atoms with Crippen molar-refractivity contribution in [2.45, 2.75) is 23.1 Å². The Hall–Kier alpha value is -1.91. The van der Waals surface area contributed by atoms with Gasteiger partial charge in [-0.3, -0.25) is 5.41 Å². The third kappa shape index (κ3) is 5.05. The Morgan fingerprint density at radius 2 is 1.88 bits per heavy atom. The highest BCUT2D eigenvalue weighted by molar-refractivity contribution is 7.97. The number of nitrogens with zero attached hydrogens (tertiary/aromatic N) is 1. The molecule has 4 N–H and O–H groups in total. The number of hydrogen-bond acceptors (Lipinski definition) is 5. The van der Waals surface area contributed by atoms with E-state index in [9.17, 15) is 35.3 Å². The molecular formula is C12H8ClF7N4OS. The number of halogens is 8. The molecule has 14 heteroatoms. The number of alkyl halides is 7. The molecule has 5 nitrogen and oxygen atoms in total. The van der Waals surface area contributed by atoms with Crippen LogP contribution < -0.4 is 11.1 Å². The van der Waals surface area contributed by atoms with Crippen molar-refractivity contribution in [1.82, 2.24) is 5.32 Å². The van der Waals surface area contributed by atoms with Gasteiger partial charge in [-0.2, -0.15) is 18.4 Å². The first-order chi connectivity index (χ1) is 11.7. The van der Waals surface area contributed by atoms with Crippen LogP contribution in [0, 0.1) is 16.7 Å². The second-order valence-electron chi connectivity index (χ2n) is 4.66. The van der Waals surface area contributed by atoms with Crippen molar-refractivity contribution in [2.75, 3.05) is 0 Å². The minimum Gasteiger partial charge on any atom is -0.604 e. The van der Waals surface area contributed by atoms with E-state index in [0.717, 1.165) is 6.07 Å². The molecule has 0 aromatic carbocycles. The first-order valence-electron chi connectivity index (χ1n) is 6.24. The van der Waals surface area contributed by atoms with Crippen LogP contribution in [0.4, 0.5) is 30.7 Å². The predicted molar refractivity (Wildman–Crippen MR) is 78.6 cm³/mol. The third-order valence-corrected chi connectivity index (χ3v) is 4.46. The Morgan fingerprint density at radius 3 is 2.27 bits per heavy atom. The number of nitrogens with one attached hydrogen (secondary N) is 2. The van der Waals surface area contributed by atoms with Crippen LogP contribution in [0.3, 0.4) is 0 Å². The zero-order valence-electron chi connectivity index (χ0n) is 12.2. The molecule has 2 unspecified atom stereocenters. The zero-order chi connectivity index (χ0) is 20.4. The average molecular weight is 425 g/mol. The molecule has 26 heavy (non-hydrogen) atoms. The maximum Gasteiger partial charge on any atom is 0.578 e. The van der Waals surface area contributed by atoms with E-state index in [0.29, 0.717) is 6.08 Å². The van der Waals surface area contributed by atoms with Crippen LogP contribution >= 0.6 is 11.6 Å². The van der Waals surface area contributed by atoms with Crippen molar-refractivity contribution in [2.24, 2.45) is 5.73 Å². The van der Waals surface area contributed by atoms with Crippen LogP contribution in [0.5, 0.6) is 0 Å². The summed E-state index contributed by atoms with van der Waals surface area (Å²) in [5.41, 5.74) is -2.98. The van der Waals surface area contributed by atoms with Gasteiger partial charge in [0.25, 0.3) is 0 Å². The van der Waals surface area contributed by atoms with Gasteiger partial charge in [0, 0.05) is 0 Å². The highest BCUT2D eigenvalue weighted by Gasteiger charge is 2.50. The first-order valence-corrected chi connectivity index (χ1v) is 7.82. The van der Waals surface area contributed by atoms with E-state index in [-0.39, 0.29) is 6.08 Å². The van der Waals surface area contributed by atoms with Gasteiger partial charge in [-0.25, -0.2) is 4.39 Å². The normalized spacial score (nSPS) is 23.2. The molecule has 0 aromatic heterocycles. The van der Waals surface area contributed by atoms with Gasteiger partial charge in [0.2, 0.25) is 4.91 Å². The molecular weight excluding hydrogens is 417 g/mol. The summed E-state index contributed by atoms with van der Waals surface area (Å²) in [6, 6.07) is -0.843. The van der Waals surface area contributed by atoms with Gasteiger partial charge in [0.05, 0.1) is 17.0 Å². The first kappa shape index (κ1) is 22.1. The summed E-state index contributed by atoms with van der Waals surface area (Å²) in [7, 11) is 0. The molecule has 3 atom stereocenters. The monoisotopic (exact) mass is 424 g/mol. The van der Waals surface area contributed by atoms with Crippen LogP contribution in [-0.2, 0) is 11.2 Å². The molecule has 0 saturated heterocycles. The summed E-state index contributed by atoms with van der Waals surface area (Å²) in [6.07, 6.45) is -4.46. The molecule has 144 valence electrons. The van der Waals surface area contributed by atoms with Crippen molar-refractivity contribution < 1.29 is 35.3 Å². The summed E-state index contributed by atoms with van der Waals surface area (Å²) >= 11 is 1.68. The van der Waals surface area contributed by atoms with Gasteiger partial charge >= 0.3 is 11.7 Å². The Kier molecular flexibility index (Phi) is 6.61. The van der Waals surface area contributed by atoms with Gasteiger partial charge in [-0.15, -0.1) is 24.8 Å². The van der Waals surface area contributed by atoms with Crippen molar-refractivity contribution in [3.05, 3.63) is 34.3 Å². The minimum absolute atomic E-state index is 0.0554. The zero-order valence-corrected chi connectivity index (χ0v) is 13.7. The summed E-state index contributed by atoms with van der Waals surface area (Å²) in [6.45, 7) is 0. The summed E-state index contributed by atoms with van der Waals surface area (Å²) in [4.78, 5) is -1.50. The van der Waals surface area contributed by atoms with Crippen LogP contribution in [0.25, 0.3) is 0 Å². The lowest BCUT2D eigenvalue weighted by Crippen LogP contribution is -2.43. The lowest BCUT2D eigenvalue weighted by atomic mass is 10.0. The molecule has 0 spiro atoms. The molecule has 0 radical (unpaired) electrons. The number of nitrogens with two attached hydrogens (primary N) is 1. The summed E-state index contributed by atoms with van der Waals surface area (Å²) < 4.78 is 101. The van der Waals surface area contributed by atoms with E-state index in [1.807, 2.05) is 5.32 Å². The van der Waals surface area contributed by atoms with E-state index in [1.54, 1.807) is 0 Å². The largest absolute Gasteiger partial charge is 0.604 e.